The van der Waals surface area contributed by atoms with Gasteiger partial charge in [-0.2, -0.15) is 0 Å². The second-order valence-electron chi connectivity index (χ2n) is 8.04. The molecule has 2 N–H and O–H groups in total. The lowest BCUT2D eigenvalue weighted by Crippen LogP contribution is -2.75. The van der Waals surface area contributed by atoms with Crippen LogP contribution in [0.5, 0.6) is 0 Å². The SMILES string of the molecule is OC12CCCCC1C1(CCCCC1)NC(=S)N2Cc1ccc(F)cc1. The molecule has 2 atom stereocenters. The Morgan fingerprint density at radius 3 is 2.48 bits per heavy atom. The molecule has 0 aromatic heterocycles. The first-order valence-electron chi connectivity index (χ1n) is 9.60. The zero-order chi connectivity index (χ0) is 17.5. The van der Waals surface area contributed by atoms with Gasteiger partial charge in [0.25, 0.3) is 0 Å². The van der Waals surface area contributed by atoms with Gasteiger partial charge in [-0.1, -0.05) is 37.8 Å². The third kappa shape index (κ3) is 2.95. The average molecular weight is 363 g/mol. The zero-order valence-electron chi connectivity index (χ0n) is 14.6. The Kier molecular flexibility index (Phi) is 4.49. The number of hydrogen-bond acceptors (Lipinski definition) is 2. The van der Waals surface area contributed by atoms with Gasteiger partial charge >= 0.3 is 0 Å². The summed E-state index contributed by atoms with van der Waals surface area (Å²) in [4.78, 5) is 1.97. The first-order valence-corrected chi connectivity index (χ1v) is 10.0. The van der Waals surface area contributed by atoms with Crippen LogP contribution in [0.3, 0.4) is 0 Å². The van der Waals surface area contributed by atoms with Crippen LogP contribution in [0.25, 0.3) is 0 Å². The summed E-state index contributed by atoms with van der Waals surface area (Å²) in [6.07, 6.45) is 9.92. The topological polar surface area (TPSA) is 35.5 Å². The van der Waals surface area contributed by atoms with Crippen molar-refractivity contribution in [1.82, 2.24) is 10.2 Å². The second-order valence-corrected chi connectivity index (χ2v) is 8.42. The Labute approximate surface area is 154 Å². The van der Waals surface area contributed by atoms with Gasteiger partial charge in [0.15, 0.2) is 5.11 Å². The molecule has 0 radical (unpaired) electrons. The van der Waals surface area contributed by atoms with Gasteiger partial charge in [0.1, 0.15) is 11.5 Å². The predicted molar refractivity (Wildman–Crippen MR) is 100 cm³/mol. The molecular weight excluding hydrogens is 335 g/mol. The van der Waals surface area contributed by atoms with Gasteiger partial charge in [0, 0.05) is 18.0 Å². The van der Waals surface area contributed by atoms with E-state index in [9.17, 15) is 9.50 Å². The Morgan fingerprint density at radius 1 is 1.08 bits per heavy atom. The monoisotopic (exact) mass is 362 g/mol. The normalized spacial score (nSPS) is 31.5. The standard InChI is InChI=1S/C20H27FN2OS/c21-16-9-7-15(8-10-16)14-23-18(25)22-19(11-3-1-4-12-19)17-6-2-5-13-20(17,23)24/h7-10,17,24H,1-6,11-14H2,(H,22,25). The zero-order valence-corrected chi connectivity index (χ0v) is 15.5. The fourth-order valence-electron chi connectivity index (χ4n) is 5.36. The van der Waals surface area contributed by atoms with Crippen LogP contribution in [-0.4, -0.2) is 26.4 Å². The summed E-state index contributed by atoms with van der Waals surface area (Å²) in [5, 5.41) is 16.1. The predicted octanol–water partition coefficient (Wildman–Crippen LogP) is 4.10. The first kappa shape index (κ1) is 17.2. The highest BCUT2D eigenvalue weighted by Crippen LogP contribution is 2.50. The van der Waals surface area contributed by atoms with E-state index in [-0.39, 0.29) is 17.3 Å². The van der Waals surface area contributed by atoms with Crippen molar-refractivity contribution in [1.29, 1.82) is 0 Å². The molecule has 1 aromatic rings. The molecule has 136 valence electrons. The molecule has 1 aliphatic heterocycles. The fraction of sp³-hybridized carbons (Fsp3) is 0.650. The molecule has 2 unspecified atom stereocenters. The number of thiocarbonyl (C=S) groups is 1. The quantitative estimate of drug-likeness (QED) is 0.777. The molecule has 1 saturated heterocycles. The molecule has 3 aliphatic rings. The van der Waals surface area contributed by atoms with Crippen molar-refractivity contribution in [3.05, 3.63) is 35.6 Å². The maximum atomic E-state index is 13.2. The van der Waals surface area contributed by atoms with E-state index in [0.29, 0.717) is 11.7 Å². The van der Waals surface area contributed by atoms with Crippen molar-refractivity contribution in [3.8, 4) is 0 Å². The van der Waals surface area contributed by atoms with Crippen LogP contribution in [0, 0.1) is 11.7 Å². The van der Waals surface area contributed by atoms with E-state index in [1.165, 1.54) is 37.8 Å². The summed E-state index contributed by atoms with van der Waals surface area (Å²) in [5.74, 6) is -0.0280. The van der Waals surface area contributed by atoms with Gasteiger partial charge in [-0.05, 0) is 62.0 Å². The Balaban J connectivity index is 1.66. The minimum Gasteiger partial charge on any atom is -0.370 e. The van der Waals surface area contributed by atoms with Crippen molar-refractivity contribution in [3.63, 3.8) is 0 Å². The number of halogens is 1. The Morgan fingerprint density at radius 2 is 1.76 bits per heavy atom. The van der Waals surface area contributed by atoms with Gasteiger partial charge in [-0.3, -0.25) is 0 Å². The largest absolute Gasteiger partial charge is 0.370 e. The van der Waals surface area contributed by atoms with Crippen LogP contribution in [0.1, 0.15) is 63.4 Å². The van der Waals surface area contributed by atoms with Crippen LogP contribution >= 0.6 is 12.2 Å². The molecule has 0 amide bonds. The summed E-state index contributed by atoms with van der Waals surface area (Å²) in [6, 6.07) is 6.51. The van der Waals surface area contributed by atoms with E-state index in [1.807, 2.05) is 4.90 Å². The molecule has 1 spiro atoms. The first-order chi connectivity index (χ1) is 12.0. The lowest BCUT2D eigenvalue weighted by molar-refractivity contribution is -0.184. The van der Waals surface area contributed by atoms with E-state index < -0.39 is 5.72 Å². The van der Waals surface area contributed by atoms with Crippen molar-refractivity contribution >= 4 is 17.3 Å². The van der Waals surface area contributed by atoms with Crippen molar-refractivity contribution in [2.24, 2.45) is 5.92 Å². The molecule has 3 fully saturated rings. The van der Waals surface area contributed by atoms with Crippen LogP contribution in [0.2, 0.25) is 0 Å². The van der Waals surface area contributed by atoms with Crippen LogP contribution in [0.4, 0.5) is 4.39 Å². The number of nitrogens with zero attached hydrogens (tertiary/aromatic N) is 1. The number of fused-ring (bicyclic) bond motifs is 2. The highest BCUT2D eigenvalue weighted by molar-refractivity contribution is 7.80. The molecule has 1 aromatic carbocycles. The molecule has 4 rings (SSSR count). The van der Waals surface area contributed by atoms with Crippen LogP contribution < -0.4 is 5.32 Å². The lowest BCUT2D eigenvalue weighted by Gasteiger charge is -2.61. The van der Waals surface area contributed by atoms with E-state index in [0.717, 1.165) is 37.7 Å². The molecule has 3 nitrogen and oxygen atoms in total. The average Bonchev–Trinajstić information content (AvgIpc) is 2.61. The maximum Gasteiger partial charge on any atom is 0.171 e. The fourth-order valence-corrected chi connectivity index (χ4v) is 5.79. The summed E-state index contributed by atoms with van der Waals surface area (Å²) >= 11 is 5.73. The van der Waals surface area contributed by atoms with Crippen LogP contribution in [-0.2, 0) is 6.54 Å². The Hall–Kier alpha value is -1.20. The van der Waals surface area contributed by atoms with Crippen molar-refractivity contribution in [2.75, 3.05) is 0 Å². The minimum absolute atomic E-state index is 0.0379. The van der Waals surface area contributed by atoms with E-state index in [2.05, 4.69) is 5.32 Å². The van der Waals surface area contributed by atoms with Crippen molar-refractivity contribution in [2.45, 2.75) is 75.6 Å². The van der Waals surface area contributed by atoms with Gasteiger partial charge in [-0.25, -0.2) is 4.39 Å². The molecular formula is C20H27FN2OS. The third-order valence-electron chi connectivity index (χ3n) is 6.58. The number of hydrogen-bond donors (Lipinski definition) is 2. The highest BCUT2D eigenvalue weighted by Gasteiger charge is 2.58. The molecule has 2 aliphatic carbocycles. The van der Waals surface area contributed by atoms with E-state index >= 15 is 0 Å². The smallest absolute Gasteiger partial charge is 0.171 e. The number of benzene rings is 1. The van der Waals surface area contributed by atoms with E-state index in [1.54, 1.807) is 12.1 Å². The van der Waals surface area contributed by atoms with E-state index in [4.69, 9.17) is 12.2 Å². The summed E-state index contributed by atoms with van der Waals surface area (Å²) in [5.41, 5.74) is 0.0544. The molecule has 5 heteroatoms. The minimum atomic E-state index is -0.883. The number of rotatable bonds is 2. The molecule has 2 saturated carbocycles. The van der Waals surface area contributed by atoms with Crippen LogP contribution in [0.15, 0.2) is 24.3 Å². The molecule has 25 heavy (non-hydrogen) atoms. The molecule has 0 bridgehead atoms. The highest BCUT2D eigenvalue weighted by atomic mass is 32.1. The summed E-state index contributed by atoms with van der Waals surface area (Å²) in [6.45, 7) is 0.523. The summed E-state index contributed by atoms with van der Waals surface area (Å²) < 4.78 is 13.2. The lowest BCUT2D eigenvalue weighted by atomic mass is 9.62. The van der Waals surface area contributed by atoms with Gasteiger partial charge in [0.2, 0.25) is 0 Å². The molecule has 1 heterocycles. The van der Waals surface area contributed by atoms with Gasteiger partial charge in [0.05, 0.1) is 0 Å². The maximum absolute atomic E-state index is 13.2. The Bertz CT molecular complexity index is 644. The second kappa shape index (κ2) is 6.51. The number of nitrogens with one attached hydrogen (secondary N) is 1. The summed E-state index contributed by atoms with van der Waals surface area (Å²) in [7, 11) is 0. The van der Waals surface area contributed by atoms with Crippen molar-refractivity contribution < 1.29 is 9.50 Å². The van der Waals surface area contributed by atoms with Gasteiger partial charge in [-0.15, -0.1) is 0 Å². The van der Waals surface area contributed by atoms with Gasteiger partial charge < -0.3 is 15.3 Å². The third-order valence-corrected chi connectivity index (χ3v) is 6.90. The number of aliphatic hydroxyl groups is 1.